The molecule has 0 saturated heterocycles. The maximum absolute atomic E-state index is 13.0. The lowest BCUT2D eigenvalue weighted by Crippen LogP contribution is -2.32. The molecule has 0 bridgehead atoms. The molecular formula is C20H19FN2O2. The van der Waals surface area contributed by atoms with Crippen molar-refractivity contribution in [2.24, 2.45) is 0 Å². The molecular weight excluding hydrogens is 319 g/mol. The fraction of sp³-hybridized carbons (Fsp3) is 0.250. The number of benzene rings is 2. The van der Waals surface area contributed by atoms with E-state index in [1.165, 1.54) is 29.8 Å². The van der Waals surface area contributed by atoms with Gasteiger partial charge in [-0.25, -0.2) is 4.39 Å². The van der Waals surface area contributed by atoms with E-state index in [2.05, 4.69) is 10.3 Å². The molecule has 1 saturated carbocycles. The molecule has 5 heteroatoms. The van der Waals surface area contributed by atoms with Crippen LogP contribution in [0.2, 0.25) is 0 Å². The largest absolute Gasteiger partial charge is 0.497 e. The number of carbonyl (C=O) groups excluding carboxylic acids is 1. The van der Waals surface area contributed by atoms with Gasteiger partial charge in [0.05, 0.1) is 7.11 Å². The van der Waals surface area contributed by atoms with Gasteiger partial charge in [0.15, 0.2) is 0 Å². The van der Waals surface area contributed by atoms with E-state index in [9.17, 15) is 9.18 Å². The average molecular weight is 338 g/mol. The molecule has 1 fully saturated rings. The molecule has 2 N–H and O–H groups in total. The SMILES string of the molecule is COc1ccc2[nH]cc(C3(CNC(=O)c4ccc(F)cc4)CC3)c2c1. The lowest BCUT2D eigenvalue weighted by molar-refractivity contribution is 0.0949. The van der Waals surface area contributed by atoms with Gasteiger partial charge in [-0.15, -0.1) is 0 Å². The number of methoxy groups -OCH3 is 1. The minimum Gasteiger partial charge on any atom is -0.497 e. The number of fused-ring (bicyclic) bond motifs is 1. The first-order valence-electron chi connectivity index (χ1n) is 8.31. The highest BCUT2D eigenvalue weighted by Gasteiger charge is 2.45. The minimum atomic E-state index is -0.344. The first kappa shape index (κ1) is 15.7. The van der Waals surface area contributed by atoms with Crippen LogP contribution >= 0.6 is 0 Å². The van der Waals surface area contributed by atoms with Crippen molar-refractivity contribution in [2.45, 2.75) is 18.3 Å². The number of carbonyl (C=O) groups is 1. The van der Waals surface area contributed by atoms with Gasteiger partial charge in [-0.2, -0.15) is 0 Å². The van der Waals surface area contributed by atoms with E-state index in [1.807, 2.05) is 24.4 Å². The van der Waals surface area contributed by atoms with E-state index >= 15 is 0 Å². The molecule has 1 aliphatic rings. The molecule has 128 valence electrons. The number of aromatic amines is 1. The van der Waals surface area contributed by atoms with Gasteiger partial charge in [0, 0.05) is 34.6 Å². The summed E-state index contributed by atoms with van der Waals surface area (Å²) >= 11 is 0. The van der Waals surface area contributed by atoms with E-state index < -0.39 is 0 Å². The number of amides is 1. The third kappa shape index (κ3) is 2.86. The van der Waals surface area contributed by atoms with Gasteiger partial charge < -0.3 is 15.0 Å². The molecule has 25 heavy (non-hydrogen) atoms. The van der Waals surface area contributed by atoms with Gasteiger partial charge >= 0.3 is 0 Å². The van der Waals surface area contributed by atoms with Crippen molar-refractivity contribution in [3.8, 4) is 5.75 Å². The van der Waals surface area contributed by atoms with Crippen LogP contribution in [0.15, 0.2) is 48.7 Å². The summed E-state index contributed by atoms with van der Waals surface area (Å²) in [6.07, 6.45) is 4.09. The number of hydrogen-bond donors (Lipinski definition) is 2. The number of aromatic nitrogens is 1. The van der Waals surface area contributed by atoms with E-state index in [1.54, 1.807) is 7.11 Å². The normalized spacial score (nSPS) is 15.1. The third-order valence-corrected chi connectivity index (χ3v) is 5.01. The topological polar surface area (TPSA) is 54.1 Å². The molecule has 2 aromatic carbocycles. The van der Waals surface area contributed by atoms with Gasteiger partial charge in [-0.1, -0.05) is 0 Å². The Morgan fingerprint density at radius 3 is 2.68 bits per heavy atom. The van der Waals surface area contributed by atoms with Gasteiger partial charge in [0.2, 0.25) is 0 Å². The molecule has 1 amide bonds. The van der Waals surface area contributed by atoms with Crippen LogP contribution in [0.4, 0.5) is 4.39 Å². The predicted molar refractivity (Wildman–Crippen MR) is 94.5 cm³/mol. The Hall–Kier alpha value is -2.82. The van der Waals surface area contributed by atoms with E-state index in [0.717, 1.165) is 29.5 Å². The van der Waals surface area contributed by atoms with Crippen molar-refractivity contribution in [1.29, 1.82) is 0 Å². The van der Waals surface area contributed by atoms with Crippen molar-refractivity contribution in [3.63, 3.8) is 0 Å². The number of hydrogen-bond acceptors (Lipinski definition) is 2. The second kappa shape index (κ2) is 5.92. The van der Waals surface area contributed by atoms with Crippen molar-refractivity contribution in [1.82, 2.24) is 10.3 Å². The van der Waals surface area contributed by atoms with Crippen molar-refractivity contribution in [2.75, 3.05) is 13.7 Å². The number of nitrogens with one attached hydrogen (secondary N) is 2. The second-order valence-corrected chi connectivity index (χ2v) is 6.58. The Labute approximate surface area is 145 Å². The predicted octanol–water partition coefficient (Wildman–Crippen LogP) is 3.78. The van der Waals surface area contributed by atoms with E-state index in [4.69, 9.17) is 4.74 Å². The van der Waals surface area contributed by atoms with E-state index in [-0.39, 0.29) is 17.1 Å². The van der Waals surface area contributed by atoms with Crippen LogP contribution in [-0.4, -0.2) is 24.5 Å². The lowest BCUT2D eigenvalue weighted by Gasteiger charge is -2.16. The maximum Gasteiger partial charge on any atom is 0.251 e. The molecule has 1 aliphatic carbocycles. The van der Waals surface area contributed by atoms with Crippen LogP contribution in [0.5, 0.6) is 5.75 Å². The monoisotopic (exact) mass is 338 g/mol. The zero-order valence-electron chi connectivity index (χ0n) is 13.9. The fourth-order valence-corrected chi connectivity index (χ4v) is 3.31. The first-order chi connectivity index (χ1) is 12.1. The van der Waals surface area contributed by atoms with Crippen molar-refractivity contribution >= 4 is 16.8 Å². The number of halogens is 1. The summed E-state index contributed by atoms with van der Waals surface area (Å²) in [6, 6.07) is 11.6. The molecule has 4 rings (SSSR count). The Balaban J connectivity index is 1.54. The van der Waals surface area contributed by atoms with Crippen LogP contribution in [0, 0.1) is 5.82 Å². The third-order valence-electron chi connectivity index (χ3n) is 5.01. The van der Waals surface area contributed by atoms with Crippen molar-refractivity contribution in [3.05, 3.63) is 65.6 Å². The molecule has 1 heterocycles. The summed E-state index contributed by atoms with van der Waals surface area (Å²) in [7, 11) is 1.66. The van der Waals surface area contributed by atoms with Crippen LogP contribution in [0.1, 0.15) is 28.8 Å². The molecule has 0 spiro atoms. The molecule has 1 aromatic heterocycles. The summed E-state index contributed by atoms with van der Waals surface area (Å²) in [4.78, 5) is 15.6. The van der Waals surface area contributed by atoms with Crippen LogP contribution in [0.25, 0.3) is 10.9 Å². The maximum atomic E-state index is 13.0. The Bertz CT molecular complexity index is 927. The van der Waals surface area contributed by atoms with Crippen LogP contribution in [0.3, 0.4) is 0 Å². The summed E-state index contributed by atoms with van der Waals surface area (Å²) in [5.74, 6) is 0.297. The Kier molecular flexibility index (Phi) is 3.71. The fourth-order valence-electron chi connectivity index (χ4n) is 3.31. The van der Waals surface area contributed by atoms with Crippen molar-refractivity contribution < 1.29 is 13.9 Å². The average Bonchev–Trinajstić information content (AvgIpc) is 3.30. The molecule has 0 aliphatic heterocycles. The van der Waals surface area contributed by atoms with Gasteiger partial charge in [0.25, 0.3) is 5.91 Å². The van der Waals surface area contributed by atoms with Crippen LogP contribution < -0.4 is 10.1 Å². The lowest BCUT2D eigenvalue weighted by atomic mass is 9.95. The second-order valence-electron chi connectivity index (χ2n) is 6.58. The summed E-state index contributed by atoms with van der Waals surface area (Å²) in [6.45, 7) is 0.563. The van der Waals surface area contributed by atoms with Gasteiger partial charge in [-0.3, -0.25) is 4.79 Å². The number of ether oxygens (including phenoxy) is 1. The molecule has 0 atom stereocenters. The van der Waals surface area contributed by atoms with Gasteiger partial charge in [-0.05, 0) is 60.9 Å². The highest BCUT2D eigenvalue weighted by molar-refractivity contribution is 5.94. The summed E-state index contributed by atoms with van der Waals surface area (Å²) < 4.78 is 18.3. The summed E-state index contributed by atoms with van der Waals surface area (Å²) in [5.41, 5.74) is 2.70. The zero-order valence-corrected chi connectivity index (χ0v) is 13.9. The zero-order chi connectivity index (χ0) is 17.4. The molecule has 3 aromatic rings. The van der Waals surface area contributed by atoms with E-state index in [0.29, 0.717) is 12.1 Å². The molecule has 0 unspecified atom stereocenters. The Morgan fingerprint density at radius 2 is 2.00 bits per heavy atom. The highest BCUT2D eigenvalue weighted by atomic mass is 19.1. The first-order valence-corrected chi connectivity index (χ1v) is 8.31. The number of rotatable bonds is 5. The van der Waals surface area contributed by atoms with Crippen LogP contribution in [-0.2, 0) is 5.41 Å². The smallest absolute Gasteiger partial charge is 0.251 e. The minimum absolute atomic E-state index is 0.0414. The number of H-pyrrole nitrogens is 1. The standard InChI is InChI=1S/C20H19FN2O2/c1-25-15-6-7-18-16(10-15)17(11-22-18)20(8-9-20)12-23-19(24)13-2-4-14(21)5-3-13/h2-7,10-11,22H,8-9,12H2,1H3,(H,23,24). The summed E-state index contributed by atoms with van der Waals surface area (Å²) in [5, 5.41) is 4.13. The molecule has 0 radical (unpaired) electrons. The molecule has 4 nitrogen and oxygen atoms in total. The van der Waals surface area contributed by atoms with Gasteiger partial charge in [0.1, 0.15) is 11.6 Å². The Morgan fingerprint density at radius 1 is 1.24 bits per heavy atom. The highest BCUT2D eigenvalue weighted by Crippen LogP contribution is 2.50. The quantitative estimate of drug-likeness (QED) is 0.744.